The Morgan fingerprint density at radius 2 is 1.91 bits per heavy atom. The number of pyridine rings is 2. The Morgan fingerprint density at radius 3 is 2.69 bits per heavy atom. The molecule has 0 atom stereocenters. The minimum absolute atomic E-state index is 0.0405. The predicted octanol–water partition coefficient (Wildman–Crippen LogP) is 3.51. The molecule has 0 spiro atoms. The van der Waals surface area contributed by atoms with Gasteiger partial charge in [-0.2, -0.15) is 0 Å². The topological polar surface area (TPSA) is 104 Å². The molecule has 9 heteroatoms. The molecule has 0 fully saturated rings. The molecule has 0 amide bonds. The van der Waals surface area contributed by atoms with Crippen molar-refractivity contribution in [2.24, 2.45) is 0 Å². The molecule has 0 saturated heterocycles. The number of aromatic nitrogens is 4. The molecule has 1 aliphatic rings. The second-order valence-electron chi connectivity index (χ2n) is 8.27. The third kappa shape index (κ3) is 4.16. The Kier molecular flexibility index (Phi) is 5.05. The van der Waals surface area contributed by atoms with Gasteiger partial charge in [-0.15, -0.1) is 0 Å². The van der Waals surface area contributed by atoms with Gasteiger partial charge in [0, 0.05) is 36.8 Å². The van der Waals surface area contributed by atoms with E-state index in [2.05, 4.69) is 43.1 Å². The number of hydrogen-bond acceptors (Lipinski definition) is 7. The number of nitrogens with one attached hydrogen (secondary N) is 2. The van der Waals surface area contributed by atoms with Crippen molar-refractivity contribution >= 4 is 38.2 Å². The summed E-state index contributed by atoms with van der Waals surface area (Å²) < 4.78 is 23.0. The molecule has 0 aliphatic carbocycles. The van der Waals surface area contributed by atoms with Gasteiger partial charge in [-0.25, -0.2) is 23.4 Å². The number of hydrogen-bond donors (Lipinski definition) is 2. The second kappa shape index (κ2) is 7.90. The predicted molar refractivity (Wildman–Crippen MR) is 126 cm³/mol. The van der Waals surface area contributed by atoms with E-state index < -0.39 is 9.84 Å². The minimum atomic E-state index is -3.05. The molecule has 0 unspecified atom stereocenters. The zero-order valence-corrected chi connectivity index (χ0v) is 18.8. The third-order valence-electron chi connectivity index (χ3n) is 5.78. The summed E-state index contributed by atoms with van der Waals surface area (Å²) >= 11 is 0. The van der Waals surface area contributed by atoms with E-state index in [9.17, 15) is 8.42 Å². The van der Waals surface area contributed by atoms with Crippen molar-refractivity contribution in [1.29, 1.82) is 0 Å². The summed E-state index contributed by atoms with van der Waals surface area (Å²) in [6.07, 6.45) is 7.68. The van der Waals surface area contributed by atoms with Crippen LogP contribution >= 0.6 is 0 Å². The fourth-order valence-electron chi connectivity index (χ4n) is 4.17. The zero-order chi connectivity index (χ0) is 22.3. The molecule has 1 aliphatic heterocycles. The third-order valence-corrected chi connectivity index (χ3v) is 6.64. The van der Waals surface area contributed by atoms with Crippen molar-refractivity contribution in [2.75, 3.05) is 23.0 Å². The number of anilines is 3. The molecule has 4 heterocycles. The molecule has 0 saturated carbocycles. The maximum Gasteiger partial charge on any atom is 0.177 e. The summed E-state index contributed by atoms with van der Waals surface area (Å²) in [6, 6.07) is 9.49. The van der Waals surface area contributed by atoms with Gasteiger partial charge < -0.3 is 15.2 Å². The van der Waals surface area contributed by atoms with Gasteiger partial charge in [0.2, 0.25) is 0 Å². The first kappa shape index (κ1) is 20.4. The van der Waals surface area contributed by atoms with Gasteiger partial charge in [0.15, 0.2) is 15.5 Å². The van der Waals surface area contributed by atoms with Crippen LogP contribution in [-0.4, -0.2) is 41.2 Å². The van der Waals surface area contributed by atoms with Crippen LogP contribution in [-0.2, 0) is 28.6 Å². The molecule has 0 radical (unpaired) electrons. The number of benzene rings is 1. The first-order valence-electron chi connectivity index (χ1n) is 10.4. The van der Waals surface area contributed by atoms with Gasteiger partial charge in [0.25, 0.3) is 0 Å². The standard InChI is InChI=1S/C23H24N6O2S/c1-15-20(11-25-23-22(15)26-14-27-23)29-8-7-17-10-24-21(9-18(17)12-29)28-19-5-3-16(4-6-19)13-32(2,30)31/h3-6,9-11,14H,7-8,12-13H2,1-2H3,(H,24,28)(H,25,26,27). The number of aryl methyl sites for hydroxylation is 1. The SMILES string of the molecule is Cc1c(N2CCc3cnc(Nc4ccc(CS(C)(=O)=O)cc4)cc3C2)cnc2nc[nH]c12. The molecule has 1 aromatic carbocycles. The van der Waals surface area contributed by atoms with Gasteiger partial charge in [-0.05, 0) is 48.2 Å². The van der Waals surface area contributed by atoms with E-state index in [0.717, 1.165) is 59.0 Å². The number of aromatic amines is 1. The van der Waals surface area contributed by atoms with Crippen LogP contribution in [0.4, 0.5) is 17.2 Å². The molecule has 3 aromatic heterocycles. The van der Waals surface area contributed by atoms with Gasteiger partial charge in [0.1, 0.15) is 5.82 Å². The van der Waals surface area contributed by atoms with Crippen molar-refractivity contribution in [3.8, 4) is 0 Å². The highest BCUT2D eigenvalue weighted by Crippen LogP contribution is 2.30. The van der Waals surface area contributed by atoms with E-state index in [0.29, 0.717) is 0 Å². The lowest BCUT2D eigenvalue weighted by atomic mass is 10.0. The van der Waals surface area contributed by atoms with Gasteiger partial charge in [-0.3, -0.25) is 0 Å². The Bertz CT molecular complexity index is 1400. The average molecular weight is 449 g/mol. The lowest BCUT2D eigenvalue weighted by Crippen LogP contribution is -2.31. The van der Waals surface area contributed by atoms with Crippen LogP contribution in [0.2, 0.25) is 0 Å². The van der Waals surface area contributed by atoms with E-state index in [1.807, 2.05) is 36.7 Å². The van der Waals surface area contributed by atoms with Crippen LogP contribution in [0.5, 0.6) is 0 Å². The summed E-state index contributed by atoms with van der Waals surface area (Å²) in [5, 5.41) is 3.33. The van der Waals surface area contributed by atoms with Crippen LogP contribution in [0.25, 0.3) is 11.2 Å². The highest BCUT2D eigenvalue weighted by atomic mass is 32.2. The van der Waals surface area contributed by atoms with Crippen LogP contribution in [0.15, 0.2) is 49.1 Å². The maximum atomic E-state index is 11.5. The number of imidazole rings is 1. The summed E-state index contributed by atoms with van der Waals surface area (Å²) in [5.74, 6) is 0.805. The van der Waals surface area contributed by atoms with Crippen molar-refractivity contribution in [1.82, 2.24) is 19.9 Å². The summed E-state index contributed by atoms with van der Waals surface area (Å²) in [7, 11) is -3.05. The normalized spacial score (nSPS) is 13.9. The lowest BCUT2D eigenvalue weighted by Gasteiger charge is -2.31. The van der Waals surface area contributed by atoms with E-state index in [1.165, 1.54) is 17.4 Å². The van der Waals surface area contributed by atoms with Crippen LogP contribution in [0.1, 0.15) is 22.3 Å². The lowest BCUT2D eigenvalue weighted by molar-refractivity contribution is 0.601. The molecular weight excluding hydrogens is 424 g/mol. The summed E-state index contributed by atoms with van der Waals surface area (Å²) in [6.45, 7) is 3.79. The van der Waals surface area contributed by atoms with E-state index in [4.69, 9.17) is 0 Å². The molecule has 164 valence electrons. The average Bonchev–Trinajstić information content (AvgIpc) is 3.24. The zero-order valence-electron chi connectivity index (χ0n) is 18.0. The highest BCUT2D eigenvalue weighted by Gasteiger charge is 2.20. The number of fused-ring (bicyclic) bond motifs is 2. The fourth-order valence-corrected chi connectivity index (χ4v) is 4.97. The quantitative estimate of drug-likeness (QED) is 0.481. The Morgan fingerprint density at radius 1 is 1.09 bits per heavy atom. The number of H-pyrrole nitrogens is 1. The number of nitrogens with zero attached hydrogens (tertiary/aromatic N) is 4. The monoisotopic (exact) mass is 448 g/mol. The summed E-state index contributed by atoms with van der Waals surface area (Å²) in [5.41, 5.74) is 8.09. The molecule has 4 aromatic rings. The highest BCUT2D eigenvalue weighted by molar-refractivity contribution is 7.89. The summed E-state index contributed by atoms with van der Waals surface area (Å²) in [4.78, 5) is 18.8. The fraction of sp³-hybridized carbons (Fsp3) is 0.261. The molecular formula is C23H24N6O2S. The van der Waals surface area contributed by atoms with Gasteiger partial charge in [0.05, 0.1) is 29.5 Å². The molecule has 8 nitrogen and oxygen atoms in total. The minimum Gasteiger partial charge on any atom is -0.365 e. The smallest absolute Gasteiger partial charge is 0.177 e. The van der Waals surface area contributed by atoms with Crippen molar-refractivity contribution in [3.63, 3.8) is 0 Å². The molecule has 32 heavy (non-hydrogen) atoms. The van der Waals surface area contributed by atoms with Gasteiger partial charge in [-0.1, -0.05) is 12.1 Å². The van der Waals surface area contributed by atoms with E-state index >= 15 is 0 Å². The molecule has 2 N–H and O–H groups in total. The Labute approximate surface area is 186 Å². The van der Waals surface area contributed by atoms with Crippen molar-refractivity contribution in [3.05, 3.63) is 71.3 Å². The van der Waals surface area contributed by atoms with E-state index in [1.54, 1.807) is 6.33 Å². The molecule has 0 bridgehead atoms. The number of sulfone groups is 1. The number of rotatable bonds is 5. The van der Waals surface area contributed by atoms with E-state index in [-0.39, 0.29) is 5.75 Å². The van der Waals surface area contributed by atoms with Crippen LogP contribution < -0.4 is 10.2 Å². The first-order chi connectivity index (χ1) is 15.4. The second-order valence-corrected chi connectivity index (χ2v) is 10.4. The van der Waals surface area contributed by atoms with Gasteiger partial charge >= 0.3 is 0 Å². The molecule has 5 rings (SSSR count). The van der Waals surface area contributed by atoms with Crippen molar-refractivity contribution < 1.29 is 8.42 Å². The van der Waals surface area contributed by atoms with Crippen molar-refractivity contribution in [2.45, 2.75) is 25.6 Å². The largest absolute Gasteiger partial charge is 0.365 e. The Hall–Kier alpha value is -3.46. The first-order valence-corrected chi connectivity index (χ1v) is 12.5. The maximum absolute atomic E-state index is 11.5. The van der Waals surface area contributed by atoms with Crippen LogP contribution in [0.3, 0.4) is 0 Å². The Balaban J connectivity index is 1.35. The van der Waals surface area contributed by atoms with Crippen LogP contribution in [0, 0.1) is 6.92 Å².